The topological polar surface area (TPSA) is 41.8 Å². The molecule has 0 spiro atoms. The Morgan fingerprint density at radius 3 is 2.00 bits per heavy atom. The van der Waals surface area contributed by atoms with Gasteiger partial charge in [0.15, 0.2) is 0 Å². The van der Waals surface area contributed by atoms with Crippen molar-refractivity contribution in [2.75, 3.05) is 0 Å². The molecule has 0 aromatic carbocycles. The molecule has 0 saturated heterocycles. The molecule has 42 valence electrons. The van der Waals surface area contributed by atoms with Crippen molar-refractivity contribution in [1.29, 1.82) is 0 Å². The number of rotatable bonds is 0. The van der Waals surface area contributed by atoms with Crippen molar-refractivity contribution in [3.05, 3.63) is 11.3 Å². The van der Waals surface area contributed by atoms with E-state index in [1.807, 2.05) is 0 Å². The molecule has 8 heavy (non-hydrogen) atoms. The molecule has 1 rings (SSSR count). The van der Waals surface area contributed by atoms with E-state index in [1.54, 1.807) is 13.8 Å². The van der Waals surface area contributed by atoms with E-state index in [0.717, 1.165) is 5.70 Å². The van der Waals surface area contributed by atoms with Crippen LogP contribution in [0.15, 0.2) is 21.5 Å². The zero-order valence-corrected chi connectivity index (χ0v) is 4.80. The highest BCUT2D eigenvalue weighted by Gasteiger charge is 2.11. The van der Waals surface area contributed by atoms with E-state index < -0.39 is 0 Å². The first-order valence-electron chi connectivity index (χ1n) is 2.35. The van der Waals surface area contributed by atoms with Crippen molar-refractivity contribution in [1.82, 2.24) is 0 Å². The molecule has 0 saturated carbocycles. The Hall–Kier alpha value is -0.990. The summed E-state index contributed by atoms with van der Waals surface area (Å²) in [5.74, 6) is -0.206. The Morgan fingerprint density at radius 1 is 1.25 bits per heavy atom. The molecule has 0 aliphatic carbocycles. The summed E-state index contributed by atoms with van der Waals surface area (Å²) in [6, 6.07) is 0. The first-order chi connectivity index (χ1) is 3.72. The number of azo groups is 1. The Labute approximate surface area is 47.1 Å². The second-order valence-electron chi connectivity index (χ2n) is 1.72. The summed E-state index contributed by atoms with van der Waals surface area (Å²) in [5, 5.41) is 6.86. The monoisotopic (exact) mass is 110 g/mol. The SMILES string of the molecule is CC1=C(C)C(=O)N=N1. The van der Waals surface area contributed by atoms with Crippen molar-refractivity contribution in [3.8, 4) is 0 Å². The van der Waals surface area contributed by atoms with Crippen LogP contribution in [0, 0.1) is 0 Å². The zero-order valence-electron chi connectivity index (χ0n) is 4.80. The van der Waals surface area contributed by atoms with E-state index in [2.05, 4.69) is 10.2 Å². The Balaban J connectivity index is 3.02. The normalized spacial score (nSPS) is 18.5. The van der Waals surface area contributed by atoms with Gasteiger partial charge in [-0.25, -0.2) is 0 Å². The lowest BCUT2D eigenvalue weighted by atomic mass is 10.2. The van der Waals surface area contributed by atoms with Crippen LogP contribution in [0.3, 0.4) is 0 Å². The summed E-state index contributed by atoms with van der Waals surface area (Å²) in [6.07, 6.45) is 0. The minimum atomic E-state index is -0.206. The van der Waals surface area contributed by atoms with Crippen LogP contribution in [0.2, 0.25) is 0 Å². The maximum atomic E-state index is 10.5. The molecule has 0 radical (unpaired) electrons. The standard InChI is InChI=1S/C5H6N2O/c1-3-4(2)6-7-5(3)8/h1-2H3. The fourth-order valence-corrected chi connectivity index (χ4v) is 0.425. The summed E-state index contributed by atoms with van der Waals surface area (Å²) in [4.78, 5) is 10.5. The fourth-order valence-electron chi connectivity index (χ4n) is 0.425. The number of carbonyl (C=O) groups excluding carboxylic acids is 1. The van der Waals surface area contributed by atoms with Gasteiger partial charge in [0.05, 0.1) is 5.70 Å². The second kappa shape index (κ2) is 1.51. The second-order valence-corrected chi connectivity index (χ2v) is 1.72. The quantitative estimate of drug-likeness (QED) is 0.463. The largest absolute Gasteiger partial charge is 0.292 e. The van der Waals surface area contributed by atoms with E-state index in [1.165, 1.54) is 0 Å². The van der Waals surface area contributed by atoms with Gasteiger partial charge in [-0.15, -0.1) is 5.11 Å². The number of hydrogen-bond acceptors (Lipinski definition) is 2. The van der Waals surface area contributed by atoms with E-state index in [-0.39, 0.29) is 5.91 Å². The van der Waals surface area contributed by atoms with Crippen molar-refractivity contribution in [2.24, 2.45) is 10.2 Å². The fraction of sp³-hybridized carbons (Fsp3) is 0.400. The predicted octanol–water partition coefficient (Wildman–Crippen LogP) is 1.27. The van der Waals surface area contributed by atoms with Gasteiger partial charge in [0, 0.05) is 5.57 Å². The molecule has 0 bridgehead atoms. The van der Waals surface area contributed by atoms with Gasteiger partial charge in [-0.1, -0.05) is 0 Å². The molecule has 0 aromatic rings. The first kappa shape index (κ1) is 5.15. The van der Waals surface area contributed by atoms with Crippen LogP contribution in [-0.2, 0) is 4.79 Å². The minimum absolute atomic E-state index is 0.206. The van der Waals surface area contributed by atoms with E-state index in [0.29, 0.717) is 5.57 Å². The predicted molar refractivity (Wildman–Crippen MR) is 28.2 cm³/mol. The maximum absolute atomic E-state index is 10.5. The van der Waals surface area contributed by atoms with Crippen LogP contribution in [0.5, 0.6) is 0 Å². The van der Waals surface area contributed by atoms with Crippen molar-refractivity contribution >= 4 is 5.91 Å². The summed E-state index contributed by atoms with van der Waals surface area (Å²) in [7, 11) is 0. The molecular weight excluding hydrogens is 104 g/mol. The highest BCUT2D eigenvalue weighted by atomic mass is 16.2. The molecule has 0 N–H and O–H groups in total. The third-order valence-electron chi connectivity index (χ3n) is 1.15. The van der Waals surface area contributed by atoms with Crippen LogP contribution in [0.25, 0.3) is 0 Å². The first-order valence-corrected chi connectivity index (χ1v) is 2.35. The average molecular weight is 110 g/mol. The molecule has 0 aromatic heterocycles. The van der Waals surface area contributed by atoms with Crippen LogP contribution >= 0.6 is 0 Å². The van der Waals surface area contributed by atoms with Gasteiger partial charge >= 0.3 is 0 Å². The summed E-state index contributed by atoms with van der Waals surface area (Å²) in [5.41, 5.74) is 1.39. The third kappa shape index (κ3) is 0.559. The lowest BCUT2D eigenvalue weighted by molar-refractivity contribution is -0.114. The third-order valence-corrected chi connectivity index (χ3v) is 1.15. The van der Waals surface area contributed by atoms with Crippen LogP contribution in [0.4, 0.5) is 0 Å². The van der Waals surface area contributed by atoms with Gasteiger partial charge in [0.1, 0.15) is 0 Å². The van der Waals surface area contributed by atoms with Gasteiger partial charge in [-0.05, 0) is 13.8 Å². The average Bonchev–Trinajstić information content (AvgIpc) is 1.98. The van der Waals surface area contributed by atoms with E-state index in [4.69, 9.17) is 0 Å². The van der Waals surface area contributed by atoms with Crippen LogP contribution in [-0.4, -0.2) is 5.91 Å². The smallest absolute Gasteiger partial charge is 0.265 e. The number of nitrogens with zero attached hydrogens (tertiary/aromatic N) is 2. The summed E-state index contributed by atoms with van der Waals surface area (Å²) in [6.45, 7) is 3.49. The van der Waals surface area contributed by atoms with Crippen molar-refractivity contribution in [3.63, 3.8) is 0 Å². The molecule has 0 atom stereocenters. The lowest BCUT2D eigenvalue weighted by Crippen LogP contribution is -1.88. The number of carbonyl (C=O) groups is 1. The van der Waals surface area contributed by atoms with Crippen LogP contribution in [0.1, 0.15) is 13.8 Å². The van der Waals surface area contributed by atoms with Gasteiger partial charge in [0.25, 0.3) is 5.91 Å². The molecule has 1 heterocycles. The Morgan fingerprint density at radius 2 is 1.88 bits per heavy atom. The molecule has 1 aliphatic heterocycles. The Kier molecular flexibility index (Phi) is 0.970. The lowest BCUT2D eigenvalue weighted by Gasteiger charge is -1.81. The van der Waals surface area contributed by atoms with E-state index in [9.17, 15) is 4.79 Å². The molecule has 0 unspecified atom stereocenters. The molecule has 1 amide bonds. The molecule has 0 fully saturated rings. The molecule has 1 aliphatic rings. The molecular formula is C5H6N2O. The van der Waals surface area contributed by atoms with E-state index >= 15 is 0 Å². The highest BCUT2D eigenvalue weighted by Crippen LogP contribution is 2.13. The number of allylic oxidation sites excluding steroid dienone is 1. The number of amides is 1. The van der Waals surface area contributed by atoms with Gasteiger partial charge < -0.3 is 0 Å². The van der Waals surface area contributed by atoms with Crippen LogP contribution < -0.4 is 0 Å². The zero-order chi connectivity index (χ0) is 6.15. The summed E-state index contributed by atoms with van der Waals surface area (Å²) >= 11 is 0. The molecule has 3 nitrogen and oxygen atoms in total. The molecule has 3 heteroatoms. The number of hydrogen-bond donors (Lipinski definition) is 0. The Bertz CT molecular complexity index is 187. The van der Waals surface area contributed by atoms with Gasteiger partial charge in [-0.2, -0.15) is 5.11 Å². The van der Waals surface area contributed by atoms with Crippen molar-refractivity contribution < 1.29 is 4.79 Å². The minimum Gasteiger partial charge on any atom is -0.265 e. The van der Waals surface area contributed by atoms with Gasteiger partial charge in [0.2, 0.25) is 0 Å². The summed E-state index contributed by atoms with van der Waals surface area (Å²) < 4.78 is 0. The highest BCUT2D eigenvalue weighted by molar-refractivity contribution is 5.95. The van der Waals surface area contributed by atoms with Gasteiger partial charge in [-0.3, -0.25) is 4.79 Å². The maximum Gasteiger partial charge on any atom is 0.292 e. The van der Waals surface area contributed by atoms with Crippen molar-refractivity contribution in [2.45, 2.75) is 13.8 Å².